The highest BCUT2D eigenvalue weighted by Crippen LogP contribution is 2.36. The number of nitrogens with one attached hydrogen (secondary N) is 3. The quantitative estimate of drug-likeness (QED) is 0.516. The average Bonchev–Trinajstić information content (AvgIpc) is 3.16. The van der Waals surface area contributed by atoms with Crippen molar-refractivity contribution in [1.29, 1.82) is 0 Å². The summed E-state index contributed by atoms with van der Waals surface area (Å²) in [5, 5.41) is 8.72. The molecule has 174 valence electrons. The number of nitrogens with zero attached hydrogens (tertiary/aromatic N) is 3. The van der Waals surface area contributed by atoms with Gasteiger partial charge in [-0.3, -0.25) is 14.5 Å². The Bertz CT molecular complexity index is 1130. The molecular weight excluding hydrogens is 439 g/mol. The SMILES string of the molecule is CN1CCCC[C@H]1C(=O)Nc1ccc2c(c1)N/C(=C(\C(N)=O)c1nccc(C(F)(F)F)n1)N2. The van der Waals surface area contributed by atoms with Crippen molar-refractivity contribution in [3.63, 3.8) is 0 Å². The van der Waals surface area contributed by atoms with Gasteiger partial charge in [-0.15, -0.1) is 0 Å². The molecule has 33 heavy (non-hydrogen) atoms. The minimum Gasteiger partial charge on any atom is -0.365 e. The maximum absolute atomic E-state index is 13.0. The molecule has 0 spiro atoms. The predicted molar refractivity (Wildman–Crippen MR) is 116 cm³/mol. The van der Waals surface area contributed by atoms with Gasteiger partial charge in [-0.1, -0.05) is 6.42 Å². The molecule has 1 saturated heterocycles. The van der Waals surface area contributed by atoms with Crippen molar-refractivity contribution in [1.82, 2.24) is 14.9 Å². The van der Waals surface area contributed by atoms with Crippen LogP contribution in [0, 0.1) is 0 Å². The van der Waals surface area contributed by atoms with E-state index >= 15 is 0 Å². The molecule has 3 heterocycles. The van der Waals surface area contributed by atoms with Gasteiger partial charge < -0.3 is 21.7 Å². The minimum absolute atomic E-state index is 0.0484. The van der Waals surface area contributed by atoms with E-state index in [2.05, 4.69) is 25.9 Å². The normalized spacial score (nSPS) is 19.8. The van der Waals surface area contributed by atoms with Gasteiger partial charge in [0.1, 0.15) is 17.1 Å². The molecule has 0 aliphatic carbocycles. The molecule has 5 N–H and O–H groups in total. The smallest absolute Gasteiger partial charge is 0.365 e. The van der Waals surface area contributed by atoms with E-state index < -0.39 is 23.6 Å². The van der Waals surface area contributed by atoms with E-state index in [1.807, 2.05) is 11.9 Å². The molecule has 0 bridgehead atoms. The van der Waals surface area contributed by atoms with Gasteiger partial charge in [0, 0.05) is 11.9 Å². The fourth-order valence-corrected chi connectivity index (χ4v) is 3.87. The Morgan fingerprint density at radius 3 is 2.64 bits per heavy atom. The molecule has 2 amide bonds. The number of primary amides is 1. The number of fused-ring (bicyclic) bond motifs is 1. The van der Waals surface area contributed by atoms with Crippen LogP contribution in [0.3, 0.4) is 0 Å². The van der Waals surface area contributed by atoms with Crippen LogP contribution in [0.25, 0.3) is 5.57 Å². The van der Waals surface area contributed by atoms with Crippen LogP contribution in [0.15, 0.2) is 36.3 Å². The van der Waals surface area contributed by atoms with E-state index in [-0.39, 0.29) is 23.3 Å². The highest BCUT2D eigenvalue weighted by atomic mass is 19.4. The Labute approximate surface area is 187 Å². The molecule has 9 nitrogen and oxygen atoms in total. The number of benzene rings is 1. The number of amides is 2. The lowest BCUT2D eigenvalue weighted by atomic mass is 10.0. The lowest BCUT2D eigenvalue weighted by Crippen LogP contribution is -2.44. The zero-order chi connectivity index (χ0) is 23.8. The number of carbonyl (C=O) groups is 2. The molecule has 1 aromatic carbocycles. The minimum atomic E-state index is -4.70. The Hall–Kier alpha value is -3.67. The summed E-state index contributed by atoms with van der Waals surface area (Å²) in [7, 11) is 1.91. The summed E-state index contributed by atoms with van der Waals surface area (Å²) in [6.07, 6.45) is -0.975. The summed E-state index contributed by atoms with van der Waals surface area (Å²) in [5.74, 6) is -1.54. The van der Waals surface area contributed by atoms with Gasteiger partial charge in [0.05, 0.1) is 17.4 Å². The van der Waals surface area contributed by atoms with E-state index in [1.165, 1.54) is 0 Å². The molecule has 12 heteroatoms. The van der Waals surface area contributed by atoms with Crippen molar-refractivity contribution >= 4 is 34.4 Å². The standard InChI is InChI=1S/C21H22F3N7O2/c1-31-9-3-2-4-14(31)20(33)27-11-5-6-12-13(10-11)29-19(28-12)16(17(25)32)18-26-8-7-15(30-18)21(22,23)24/h5-8,10,14,28-29H,2-4,9H2,1H3,(H2,25,32)(H,27,33)/b19-16+/t14-/m0/s1. The number of hydrogen-bond acceptors (Lipinski definition) is 7. The van der Waals surface area contributed by atoms with Crippen molar-refractivity contribution in [2.45, 2.75) is 31.5 Å². The fourth-order valence-electron chi connectivity index (χ4n) is 3.87. The molecule has 2 aliphatic rings. The second-order valence-corrected chi connectivity index (χ2v) is 7.87. The van der Waals surface area contributed by atoms with Crippen LogP contribution in [0.1, 0.15) is 30.8 Å². The van der Waals surface area contributed by atoms with E-state index in [9.17, 15) is 22.8 Å². The lowest BCUT2D eigenvalue weighted by Gasteiger charge is -2.31. The molecule has 0 radical (unpaired) electrons. The maximum Gasteiger partial charge on any atom is 0.433 e. The topological polar surface area (TPSA) is 125 Å². The fraction of sp³-hybridized carbons (Fsp3) is 0.333. The number of nitrogens with two attached hydrogens (primary N) is 1. The predicted octanol–water partition coefficient (Wildman–Crippen LogP) is 2.61. The summed E-state index contributed by atoms with van der Waals surface area (Å²) in [6, 6.07) is 5.49. The number of rotatable bonds is 4. The summed E-state index contributed by atoms with van der Waals surface area (Å²) in [5.41, 5.74) is 5.49. The van der Waals surface area contributed by atoms with E-state index in [0.717, 1.165) is 32.0 Å². The number of aromatic nitrogens is 2. The van der Waals surface area contributed by atoms with Gasteiger partial charge >= 0.3 is 6.18 Å². The third-order valence-corrected chi connectivity index (χ3v) is 5.55. The van der Waals surface area contributed by atoms with E-state index in [0.29, 0.717) is 23.1 Å². The molecule has 1 atom stereocenters. The summed E-state index contributed by atoms with van der Waals surface area (Å²) in [4.78, 5) is 34.0. The monoisotopic (exact) mass is 461 g/mol. The highest BCUT2D eigenvalue weighted by molar-refractivity contribution is 6.20. The van der Waals surface area contributed by atoms with Crippen LogP contribution in [-0.2, 0) is 15.8 Å². The number of likely N-dealkylation sites (tertiary alicyclic amines) is 1. The first-order valence-electron chi connectivity index (χ1n) is 10.3. The molecule has 4 rings (SSSR count). The van der Waals surface area contributed by atoms with Gasteiger partial charge in [-0.05, 0) is 50.7 Å². The zero-order valence-corrected chi connectivity index (χ0v) is 17.7. The van der Waals surface area contributed by atoms with Crippen LogP contribution < -0.4 is 21.7 Å². The maximum atomic E-state index is 13.0. The van der Waals surface area contributed by atoms with Gasteiger partial charge in [0.2, 0.25) is 5.91 Å². The van der Waals surface area contributed by atoms with Crippen LogP contribution in [-0.4, -0.2) is 46.3 Å². The van der Waals surface area contributed by atoms with Crippen molar-refractivity contribution in [2.75, 3.05) is 29.5 Å². The van der Waals surface area contributed by atoms with Crippen molar-refractivity contribution in [2.24, 2.45) is 5.73 Å². The van der Waals surface area contributed by atoms with E-state index in [4.69, 9.17) is 5.73 Å². The van der Waals surface area contributed by atoms with Crippen molar-refractivity contribution in [3.05, 3.63) is 47.8 Å². The number of likely N-dealkylation sites (N-methyl/N-ethyl adjacent to an activating group) is 1. The molecule has 1 aromatic heterocycles. The third-order valence-electron chi connectivity index (χ3n) is 5.55. The molecule has 1 fully saturated rings. The molecule has 2 aromatic rings. The first-order chi connectivity index (χ1) is 15.6. The Morgan fingerprint density at radius 2 is 1.94 bits per heavy atom. The number of carbonyl (C=O) groups excluding carboxylic acids is 2. The van der Waals surface area contributed by atoms with Crippen LogP contribution in [0.4, 0.5) is 30.2 Å². The first kappa shape index (κ1) is 22.5. The Balaban J connectivity index is 1.58. The van der Waals surface area contributed by atoms with Gasteiger partial charge in [0.15, 0.2) is 5.82 Å². The zero-order valence-electron chi connectivity index (χ0n) is 17.7. The molecule has 2 aliphatic heterocycles. The number of alkyl halides is 3. The third kappa shape index (κ3) is 4.75. The van der Waals surface area contributed by atoms with Gasteiger partial charge in [0.25, 0.3) is 5.91 Å². The number of halogens is 3. The second kappa shape index (κ2) is 8.70. The number of hydrogen-bond donors (Lipinski definition) is 4. The van der Waals surface area contributed by atoms with Crippen molar-refractivity contribution < 1.29 is 22.8 Å². The van der Waals surface area contributed by atoms with Gasteiger partial charge in [-0.2, -0.15) is 13.2 Å². The summed E-state index contributed by atoms with van der Waals surface area (Å²) in [6.45, 7) is 0.857. The number of anilines is 3. The molecular formula is C21H22F3N7O2. The Kier molecular flexibility index (Phi) is 5.93. The Morgan fingerprint density at radius 1 is 1.18 bits per heavy atom. The molecule has 0 saturated carbocycles. The lowest BCUT2D eigenvalue weighted by molar-refractivity contribution is -0.141. The van der Waals surface area contributed by atoms with E-state index in [1.54, 1.807) is 18.2 Å². The van der Waals surface area contributed by atoms with Gasteiger partial charge in [-0.25, -0.2) is 9.97 Å². The summed E-state index contributed by atoms with van der Waals surface area (Å²) >= 11 is 0. The van der Waals surface area contributed by atoms with Crippen LogP contribution >= 0.6 is 0 Å². The molecule has 0 unspecified atom stereocenters. The average molecular weight is 461 g/mol. The second-order valence-electron chi connectivity index (χ2n) is 7.87. The van der Waals surface area contributed by atoms with Crippen LogP contribution in [0.2, 0.25) is 0 Å². The largest absolute Gasteiger partial charge is 0.433 e. The highest BCUT2D eigenvalue weighted by Gasteiger charge is 2.34. The van der Waals surface area contributed by atoms with Crippen LogP contribution in [0.5, 0.6) is 0 Å². The van der Waals surface area contributed by atoms with Crippen molar-refractivity contribution in [3.8, 4) is 0 Å². The number of piperidine rings is 1. The summed E-state index contributed by atoms with van der Waals surface area (Å²) < 4.78 is 39.1. The first-order valence-corrected chi connectivity index (χ1v) is 10.3.